The van der Waals surface area contributed by atoms with E-state index in [0.29, 0.717) is 12.4 Å². The Morgan fingerprint density at radius 3 is 2.31 bits per heavy atom. The number of aliphatic imine (C=N–C) groups is 1. The number of hydrogen-bond acceptors (Lipinski definition) is 2. The molecule has 0 unspecified atom stereocenters. The zero-order valence-corrected chi connectivity index (χ0v) is 8.63. The molecule has 0 rings (SSSR count). The molecule has 0 aliphatic carbocycles. The Kier molecular flexibility index (Phi) is 4.45. The van der Waals surface area contributed by atoms with Crippen molar-refractivity contribution in [2.45, 2.75) is 33.6 Å². The fraction of sp³-hybridized carbons (Fsp3) is 0.778. The topological polar surface area (TPSA) is 81.5 Å². The van der Waals surface area contributed by atoms with Crippen LogP contribution in [0.2, 0.25) is 0 Å². The van der Waals surface area contributed by atoms with Gasteiger partial charge in [-0.2, -0.15) is 0 Å². The van der Waals surface area contributed by atoms with Crippen LogP contribution in [0.3, 0.4) is 0 Å². The summed E-state index contributed by atoms with van der Waals surface area (Å²) in [5.41, 5.74) is 10.2. The molecule has 0 aromatic rings. The molecular formula is C9H19N3O. The summed E-state index contributed by atoms with van der Waals surface area (Å²) in [6.45, 7) is 5.92. The van der Waals surface area contributed by atoms with Crippen molar-refractivity contribution in [2.75, 3.05) is 6.54 Å². The van der Waals surface area contributed by atoms with E-state index >= 15 is 0 Å². The number of hydrogen-bond donors (Lipinski definition) is 2. The predicted octanol–water partition coefficient (Wildman–Crippen LogP) is 0.655. The van der Waals surface area contributed by atoms with E-state index in [0.717, 1.165) is 12.8 Å². The number of nitrogens with two attached hydrogens (primary N) is 2. The SMILES string of the molecule is CCCC(N)=NCC(C)(C)C(N)=O. The van der Waals surface area contributed by atoms with Crippen LogP contribution in [0.4, 0.5) is 0 Å². The number of amidine groups is 1. The summed E-state index contributed by atoms with van der Waals surface area (Å²) in [7, 11) is 0. The third kappa shape index (κ3) is 4.50. The number of carbonyl (C=O) groups excluding carboxylic acids is 1. The predicted molar refractivity (Wildman–Crippen MR) is 54.4 cm³/mol. The molecule has 0 bridgehead atoms. The van der Waals surface area contributed by atoms with Crippen LogP contribution in [0.25, 0.3) is 0 Å². The largest absolute Gasteiger partial charge is 0.387 e. The first kappa shape index (κ1) is 11.9. The van der Waals surface area contributed by atoms with Crippen LogP contribution in [0.15, 0.2) is 4.99 Å². The molecule has 0 aromatic carbocycles. The summed E-state index contributed by atoms with van der Waals surface area (Å²) in [5.74, 6) is 0.248. The van der Waals surface area contributed by atoms with Gasteiger partial charge in [-0.25, -0.2) is 0 Å². The van der Waals surface area contributed by atoms with E-state index in [4.69, 9.17) is 11.5 Å². The second-order valence-electron chi connectivity index (χ2n) is 3.81. The molecule has 13 heavy (non-hydrogen) atoms. The molecule has 4 heteroatoms. The average molecular weight is 185 g/mol. The summed E-state index contributed by atoms with van der Waals surface area (Å²) in [6.07, 6.45) is 1.74. The molecule has 1 amide bonds. The molecule has 4 N–H and O–H groups in total. The van der Waals surface area contributed by atoms with Gasteiger partial charge in [0.1, 0.15) is 0 Å². The van der Waals surface area contributed by atoms with Crippen LogP contribution in [-0.4, -0.2) is 18.3 Å². The third-order valence-electron chi connectivity index (χ3n) is 1.85. The lowest BCUT2D eigenvalue weighted by molar-refractivity contribution is -0.125. The number of rotatable bonds is 5. The zero-order chi connectivity index (χ0) is 10.5. The Morgan fingerprint density at radius 2 is 1.92 bits per heavy atom. The molecular weight excluding hydrogens is 166 g/mol. The first-order valence-corrected chi connectivity index (χ1v) is 4.49. The molecule has 0 fully saturated rings. The van der Waals surface area contributed by atoms with Crippen molar-refractivity contribution < 1.29 is 4.79 Å². The van der Waals surface area contributed by atoms with Crippen molar-refractivity contribution in [1.29, 1.82) is 0 Å². The number of nitrogens with zero attached hydrogens (tertiary/aromatic N) is 1. The minimum Gasteiger partial charge on any atom is -0.387 e. The second-order valence-corrected chi connectivity index (χ2v) is 3.81. The molecule has 4 nitrogen and oxygen atoms in total. The zero-order valence-electron chi connectivity index (χ0n) is 8.63. The van der Waals surface area contributed by atoms with Crippen molar-refractivity contribution in [1.82, 2.24) is 0 Å². The van der Waals surface area contributed by atoms with Crippen molar-refractivity contribution >= 4 is 11.7 Å². The fourth-order valence-electron chi connectivity index (χ4n) is 0.712. The van der Waals surface area contributed by atoms with E-state index in [2.05, 4.69) is 4.99 Å². The maximum Gasteiger partial charge on any atom is 0.224 e. The van der Waals surface area contributed by atoms with Crippen LogP contribution in [0.1, 0.15) is 33.6 Å². The number of amides is 1. The highest BCUT2D eigenvalue weighted by molar-refractivity contribution is 5.82. The third-order valence-corrected chi connectivity index (χ3v) is 1.85. The summed E-state index contributed by atoms with van der Waals surface area (Å²) in [6, 6.07) is 0. The standard InChI is InChI=1S/C9H19N3O/c1-4-5-7(10)12-6-9(2,3)8(11)13/h4-6H2,1-3H3,(H2,10,12)(H2,11,13). The number of carbonyl (C=O) groups is 1. The van der Waals surface area contributed by atoms with Crippen LogP contribution in [-0.2, 0) is 4.79 Å². The highest BCUT2D eigenvalue weighted by Crippen LogP contribution is 2.14. The second kappa shape index (κ2) is 4.84. The monoisotopic (exact) mass is 185 g/mol. The normalized spacial score (nSPS) is 13.0. The molecule has 0 aliphatic rings. The molecule has 0 saturated heterocycles. The van der Waals surface area contributed by atoms with Gasteiger partial charge in [0.15, 0.2) is 0 Å². The summed E-state index contributed by atoms with van der Waals surface area (Å²) < 4.78 is 0. The van der Waals surface area contributed by atoms with Gasteiger partial charge < -0.3 is 11.5 Å². The minimum atomic E-state index is -0.599. The summed E-state index contributed by atoms with van der Waals surface area (Å²) in [4.78, 5) is 15.0. The Balaban J connectivity index is 4.14. The van der Waals surface area contributed by atoms with Crippen LogP contribution < -0.4 is 11.5 Å². The van der Waals surface area contributed by atoms with Gasteiger partial charge >= 0.3 is 0 Å². The van der Waals surface area contributed by atoms with Gasteiger partial charge in [-0.3, -0.25) is 9.79 Å². The Morgan fingerprint density at radius 1 is 1.38 bits per heavy atom. The van der Waals surface area contributed by atoms with E-state index in [1.54, 1.807) is 13.8 Å². The molecule has 0 radical (unpaired) electrons. The fourth-order valence-corrected chi connectivity index (χ4v) is 0.712. The Bertz CT molecular complexity index is 209. The highest BCUT2D eigenvalue weighted by Gasteiger charge is 2.24. The lowest BCUT2D eigenvalue weighted by Crippen LogP contribution is -2.34. The summed E-state index contributed by atoms with van der Waals surface area (Å²) in [5, 5.41) is 0. The quantitative estimate of drug-likeness (QED) is 0.487. The molecule has 0 aromatic heterocycles. The van der Waals surface area contributed by atoms with E-state index < -0.39 is 5.41 Å². The van der Waals surface area contributed by atoms with Crippen molar-refractivity contribution in [3.8, 4) is 0 Å². The van der Waals surface area contributed by atoms with Gasteiger partial charge in [-0.05, 0) is 20.3 Å². The van der Waals surface area contributed by atoms with E-state index in [1.165, 1.54) is 0 Å². The van der Waals surface area contributed by atoms with Gasteiger partial charge in [-0.1, -0.05) is 6.92 Å². The first-order valence-electron chi connectivity index (χ1n) is 4.49. The van der Waals surface area contributed by atoms with Crippen molar-refractivity contribution in [3.05, 3.63) is 0 Å². The maximum absolute atomic E-state index is 10.9. The summed E-state index contributed by atoms with van der Waals surface area (Å²) >= 11 is 0. The van der Waals surface area contributed by atoms with Gasteiger partial charge in [0.25, 0.3) is 0 Å². The lowest BCUT2D eigenvalue weighted by Gasteiger charge is -2.17. The lowest BCUT2D eigenvalue weighted by atomic mass is 9.93. The van der Waals surface area contributed by atoms with E-state index in [1.807, 2.05) is 6.92 Å². The van der Waals surface area contributed by atoms with Gasteiger partial charge in [-0.15, -0.1) is 0 Å². The minimum absolute atomic E-state index is 0.347. The first-order chi connectivity index (χ1) is 5.90. The Labute approximate surface area is 79.4 Å². The van der Waals surface area contributed by atoms with E-state index in [-0.39, 0.29) is 5.91 Å². The van der Waals surface area contributed by atoms with Gasteiger partial charge in [0.2, 0.25) is 5.91 Å². The molecule has 0 heterocycles. The Hall–Kier alpha value is -1.06. The van der Waals surface area contributed by atoms with Crippen LogP contribution >= 0.6 is 0 Å². The molecule has 76 valence electrons. The molecule has 0 aliphatic heterocycles. The highest BCUT2D eigenvalue weighted by atomic mass is 16.1. The van der Waals surface area contributed by atoms with Gasteiger partial charge in [0.05, 0.1) is 17.8 Å². The van der Waals surface area contributed by atoms with Crippen molar-refractivity contribution in [2.24, 2.45) is 21.9 Å². The molecule has 0 atom stereocenters. The van der Waals surface area contributed by atoms with Gasteiger partial charge in [0, 0.05) is 6.42 Å². The number of primary amides is 1. The van der Waals surface area contributed by atoms with Crippen molar-refractivity contribution in [3.63, 3.8) is 0 Å². The van der Waals surface area contributed by atoms with Crippen LogP contribution in [0.5, 0.6) is 0 Å². The molecule has 0 spiro atoms. The van der Waals surface area contributed by atoms with E-state index in [9.17, 15) is 4.79 Å². The average Bonchev–Trinajstić information content (AvgIpc) is 2.01. The maximum atomic E-state index is 10.9. The smallest absolute Gasteiger partial charge is 0.224 e. The molecule has 0 saturated carbocycles. The van der Waals surface area contributed by atoms with Crippen LogP contribution in [0, 0.1) is 5.41 Å².